The van der Waals surface area contributed by atoms with Crippen molar-refractivity contribution in [1.82, 2.24) is 0 Å². The average molecular weight is 384 g/mol. The summed E-state index contributed by atoms with van der Waals surface area (Å²) in [6, 6.07) is 9.15. The number of halogens is 3. The lowest BCUT2D eigenvalue weighted by Crippen LogP contribution is -2.09. The van der Waals surface area contributed by atoms with Crippen LogP contribution in [0.15, 0.2) is 42.5 Å². The number of methoxy groups -OCH3 is 2. The second kappa shape index (κ2) is 9.05. The van der Waals surface area contributed by atoms with Crippen LogP contribution in [0.4, 0.5) is 14.5 Å². The van der Waals surface area contributed by atoms with Gasteiger partial charge < -0.3 is 19.5 Å². The quantitative estimate of drug-likeness (QED) is 0.709. The van der Waals surface area contributed by atoms with Gasteiger partial charge in [0.25, 0.3) is 0 Å². The van der Waals surface area contributed by atoms with Crippen molar-refractivity contribution in [2.24, 2.45) is 0 Å². The Balaban J connectivity index is 2.17. The molecule has 0 unspecified atom stereocenters. The largest absolute Gasteiger partial charge is 0.495 e. The molecule has 1 amide bonds. The van der Waals surface area contributed by atoms with Crippen LogP contribution in [0, 0.1) is 0 Å². The molecule has 0 radical (unpaired) electrons. The standard InChI is InChI=1S/C18H16ClF2NO4/c1-24-15-10-16(25-2)13(9-12(15)19)22-17(23)8-7-11-5-3-4-6-14(11)26-18(20)21/h3-10,18H,1-2H3,(H,22,23)/b8-7+. The van der Waals surface area contributed by atoms with E-state index in [1.54, 1.807) is 18.2 Å². The molecule has 0 spiro atoms. The Morgan fingerprint density at radius 1 is 1.12 bits per heavy atom. The lowest BCUT2D eigenvalue weighted by Gasteiger charge is -2.12. The summed E-state index contributed by atoms with van der Waals surface area (Å²) in [4.78, 5) is 12.1. The van der Waals surface area contributed by atoms with E-state index in [2.05, 4.69) is 10.1 Å². The maximum atomic E-state index is 12.4. The number of hydrogen-bond acceptors (Lipinski definition) is 4. The topological polar surface area (TPSA) is 56.8 Å². The van der Waals surface area contributed by atoms with Gasteiger partial charge in [0.15, 0.2) is 0 Å². The van der Waals surface area contributed by atoms with Gasteiger partial charge in [0, 0.05) is 17.7 Å². The zero-order chi connectivity index (χ0) is 19.1. The molecule has 0 fully saturated rings. The Kier molecular flexibility index (Phi) is 6.80. The minimum absolute atomic E-state index is 0.0309. The summed E-state index contributed by atoms with van der Waals surface area (Å²) in [5.41, 5.74) is 0.674. The van der Waals surface area contributed by atoms with Crippen molar-refractivity contribution in [2.75, 3.05) is 19.5 Å². The smallest absolute Gasteiger partial charge is 0.387 e. The first-order valence-electron chi connectivity index (χ1n) is 7.39. The molecular formula is C18H16ClF2NO4. The number of anilines is 1. The summed E-state index contributed by atoms with van der Waals surface area (Å²) >= 11 is 6.05. The van der Waals surface area contributed by atoms with Gasteiger partial charge in [0.05, 0.1) is 24.9 Å². The fraction of sp³-hybridized carbons (Fsp3) is 0.167. The SMILES string of the molecule is COc1cc(OC)c(NC(=O)/C=C/c2ccccc2OC(F)F)cc1Cl. The van der Waals surface area contributed by atoms with E-state index >= 15 is 0 Å². The van der Waals surface area contributed by atoms with E-state index < -0.39 is 12.5 Å². The highest BCUT2D eigenvalue weighted by molar-refractivity contribution is 6.32. The first-order chi connectivity index (χ1) is 12.4. The minimum Gasteiger partial charge on any atom is -0.495 e. The molecule has 0 heterocycles. The van der Waals surface area contributed by atoms with E-state index in [1.165, 1.54) is 44.6 Å². The van der Waals surface area contributed by atoms with Gasteiger partial charge in [-0.15, -0.1) is 0 Å². The number of hydrogen-bond donors (Lipinski definition) is 1. The third-order valence-corrected chi connectivity index (χ3v) is 3.58. The number of amides is 1. The molecule has 0 aromatic heterocycles. The normalized spacial score (nSPS) is 10.8. The highest BCUT2D eigenvalue weighted by Gasteiger charge is 2.12. The average Bonchev–Trinajstić information content (AvgIpc) is 2.61. The Labute approximate surface area is 154 Å². The van der Waals surface area contributed by atoms with Gasteiger partial charge in [0.1, 0.15) is 17.2 Å². The lowest BCUT2D eigenvalue weighted by atomic mass is 10.2. The summed E-state index contributed by atoms with van der Waals surface area (Å²) in [7, 11) is 2.90. The Hall–Kier alpha value is -2.80. The van der Waals surface area contributed by atoms with Crippen LogP contribution in [0.2, 0.25) is 5.02 Å². The molecule has 5 nitrogen and oxygen atoms in total. The highest BCUT2D eigenvalue weighted by atomic mass is 35.5. The first-order valence-corrected chi connectivity index (χ1v) is 7.76. The van der Waals surface area contributed by atoms with Crippen LogP contribution in [0.3, 0.4) is 0 Å². The lowest BCUT2D eigenvalue weighted by molar-refractivity contribution is -0.111. The van der Waals surface area contributed by atoms with Crippen LogP contribution in [0.5, 0.6) is 17.2 Å². The molecule has 26 heavy (non-hydrogen) atoms. The van der Waals surface area contributed by atoms with Crippen molar-refractivity contribution < 1.29 is 27.8 Å². The van der Waals surface area contributed by atoms with E-state index in [9.17, 15) is 13.6 Å². The molecule has 2 aromatic carbocycles. The molecule has 0 aliphatic carbocycles. The number of rotatable bonds is 7. The van der Waals surface area contributed by atoms with Gasteiger partial charge in [-0.05, 0) is 18.2 Å². The maximum absolute atomic E-state index is 12.4. The van der Waals surface area contributed by atoms with E-state index in [1.807, 2.05) is 0 Å². The Morgan fingerprint density at radius 2 is 1.81 bits per heavy atom. The number of nitrogens with one attached hydrogen (secondary N) is 1. The van der Waals surface area contributed by atoms with Crippen molar-refractivity contribution in [1.29, 1.82) is 0 Å². The fourth-order valence-electron chi connectivity index (χ4n) is 2.12. The molecule has 1 N–H and O–H groups in total. The van der Waals surface area contributed by atoms with E-state index in [0.29, 0.717) is 27.8 Å². The molecule has 138 valence electrons. The molecule has 2 aromatic rings. The molecule has 0 saturated carbocycles. The van der Waals surface area contributed by atoms with Gasteiger partial charge >= 0.3 is 6.61 Å². The predicted octanol–water partition coefficient (Wildman–Crippen LogP) is 4.61. The highest BCUT2D eigenvalue weighted by Crippen LogP contribution is 2.35. The molecule has 8 heteroatoms. The third kappa shape index (κ3) is 5.10. The van der Waals surface area contributed by atoms with Crippen LogP contribution in [-0.2, 0) is 4.79 Å². The summed E-state index contributed by atoms with van der Waals surface area (Å²) in [5.74, 6) is 0.220. The van der Waals surface area contributed by atoms with Gasteiger partial charge in [-0.1, -0.05) is 29.8 Å². The number of alkyl halides is 2. The summed E-state index contributed by atoms with van der Waals surface area (Å²) in [5, 5.41) is 2.90. The van der Waals surface area contributed by atoms with Crippen molar-refractivity contribution in [3.05, 3.63) is 53.1 Å². The van der Waals surface area contributed by atoms with Gasteiger partial charge in [-0.3, -0.25) is 4.79 Å². The Morgan fingerprint density at radius 3 is 2.46 bits per heavy atom. The van der Waals surface area contributed by atoms with Crippen molar-refractivity contribution in [2.45, 2.75) is 6.61 Å². The predicted molar refractivity (Wildman–Crippen MR) is 95.3 cm³/mol. The molecule has 0 aliphatic rings. The summed E-state index contributed by atoms with van der Waals surface area (Å²) in [6.45, 7) is -2.95. The first kappa shape index (κ1) is 19.5. The van der Waals surface area contributed by atoms with Crippen LogP contribution < -0.4 is 19.5 Å². The van der Waals surface area contributed by atoms with E-state index in [0.717, 1.165) is 0 Å². The van der Waals surface area contributed by atoms with Crippen LogP contribution in [0.25, 0.3) is 6.08 Å². The van der Waals surface area contributed by atoms with Crippen LogP contribution >= 0.6 is 11.6 Å². The molecule has 0 bridgehead atoms. The number of carbonyl (C=O) groups is 1. The third-order valence-electron chi connectivity index (χ3n) is 3.28. The Bertz CT molecular complexity index is 812. The van der Waals surface area contributed by atoms with E-state index in [4.69, 9.17) is 21.1 Å². The number of carbonyl (C=O) groups excluding carboxylic acids is 1. The summed E-state index contributed by atoms with van der Waals surface area (Å²) < 4.78 is 39.5. The number of para-hydroxylation sites is 1. The molecule has 0 aliphatic heterocycles. The van der Waals surface area contributed by atoms with Crippen molar-refractivity contribution in [3.8, 4) is 17.2 Å². The summed E-state index contributed by atoms with van der Waals surface area (Å²) in [6.07, 6.45) is 2.55. The molecule has 2 rings (SSSR count). The number of ether oxygens (including phenoxy) is 3. The fourth-order valence-corrected chi connectivity index (χ4v) is 2.36. The van der Waals surface area contributed by atoms with Gasteiger partial charge in [-0.2, -0.15) is 8.78 Å². The van der Waals surface area contributed by atoms with Crippen LogP contribution in [0.1, 0.15) is 5.56 Å². The molecular weight excluding hydrogens is 368 g/mol. The van der Waals surface area contributed by atoms with Crippen molar-refractivity contribution >= 4 is 29.3 Å². The van der Waals surface area contributed by atoms with Crippen LogP contribution in [-0.4, -0.2) is 26.7 Å². The second-order valence-corrected chi connectivity index (χ2v) is 5.33. The zero-order valence-corrected chi connectivity index (χ0v) is 14.7. The van der Waals surface area contributed by atoms with Gasteiger partial charge in [-0.25, -0.2) is 0 Å². The molecule has 0 saturated heterocycles. The second-order valence-electron chi connectivity index (χ2n) is 4.93. The maximum Gasteiger partial charge on any atom is 0.387 e. The number of benzene rings is 2. The monoisotopic (exact) mass is 383 g/mol. The van der Waals surface area contributed by atoms with Crippen molar-refractivity contribution in [3.63, 3.8) is 0 Å². The van der Waals surface area contributed by atoms with Gasteiger partial charge in [0.2, 0.25) is 5.91 Å². The minimum atomic E-state index is -2.95. The molecule has 0 atom stereocenters. The van der Waals surface area contributed by atoms with E-state index in [-0.39, 0.29) is 5.75 Å². The zero-order valence-electron chi connectivity index (χ0n) is 14.0.